The van der Waals surface area contributed by atoms with E-state index in [2.05, 4.69) is 13.2 Å². The fourth-order valence-electron chi connectivity index (χ4n) is 0.620. The zero-order valence-corrected chi connectivity index (χ0v) is 5.71. The Hall–Kier alpha value is -0.560. The molecule has 0 aliphatic heterocycles. The molecular formula is C8H14O. The fraction of sp³-hybridized carbons (Fsp3) is 0.500. The van der Waals surface area contributed by atoms with Gasteiger partial charge in [-0.2, -0.15) is 0 Å². The molecule has 9 heavy (non-hydrogen) atoms. The van der Waals surface area contributed by atoms with Gasteiger partial charge in [-0.25, -0.2) is 0 Å². The Morgan fingerprint density at radius 1 is 1.33 bits per heavy atom. The molecule has 0 aromatic heterocycles. The number of aliphatic hydroxyl groups is 1. The first-order chi connectivity index (χ1) is 4.31. The predicted molar refractivity (Wildman–Crippen MR) is 40.3 cm³/mol. The average molecular weight is 126 g/mol. The lowest BCUT2D eigenvalue weighted by atomic mass is 10.1. The van der Waals surface area contributed by atoms with E-state index >= 15 is 0 Å². The fourth-order valence-corrected chi connectivity index (χ4v) is 0.620. The molecule has 0 aliphatic rings. The molecule has 0 radical (unpaired) electrons. The Balaban J connectivity index is 3.14. The first-order valence-electron chi connectivity index (χ1n) is 3.21. The second-order valence-electron chi connectivity index (χ2n) is 2.04. The van der Waals surface area contributed by atoms with E-state index in [1.165, 1.54) is 0 Å². The number of aliphatic hydroxyl groups excluding tert-OH is 1. The van der Waals surface area contributed by atoms with Crippen LogP contribution in [0.15, 0.2) is 25.3 Å². The van der Waals surface area contributed by atoms with Gasteiger partial charge in [-0.1, -0.05) is 12.2 Å². The highest BCUT2D eigenvalue weighted by molar-refractivity contribution is 4.75. The van der Waals surface area contributed by atoms with Gasteiger partial charge in [-0.05, 0) is 19.3 Å². The van der Waals surface area contributed by atoms with Crippen LogP contribution in [0.4, 0.5) is 0 Å². The van der Waals surface area contributed by atoms with Crippen LogP contribution < -0.4 is 0 Å². The van der Waals surface area contributed by atoms with Crippen molar-refractivity contribution >= 4 is 0 Å². The summed E-state index contributed by atoms with van der Waals surface area (Å²) in [4.78, 5) is 0. The molecule has 0 saturated carbocycles. The van der Waals surface area contributed by atoms with Crippen LogP contribution in [0.3, 0.4) is 0 Å². The van der Waals surface area contributed by atoms with Crippen molar-refractivity contribution in [3.63, 3.8) is 0 Å². The highest BCUT2D eigenvalue weighted by Crippen LogP contribution is 2.01. The summed E-state index contributed by atoms with van der Waals surface area (Å²) in [6, 6.07) is 0. The maximum absolute atomic E-state index is 9.06. The van der Waals surface area contributed by atoms with Crippen molar-refractivity contribution in [1.82, 2.24) is 0 Å². The Kier molecular flexibility index (Phi) is 5.23. The van der Waals surface area contributed by atoms with Gasteiger partial charge in [-0.15, -0.1) is 13.2 Å². The van der Waals surface area contributed by atoms with Crippen LogP contribution in [0.1, 0.15) is 19.3 Å². The SMILES string of the molecule is C=CCCC(O)CC=C. The lowest BCUT2D eigenvalue weighted by Crippen LogP contribution is -2.02. The lowest BCUT2D eigenvalue weighted by Gasteiger charge is -2.03. The van der Waals surface area contributed by atoms with Crippen molar-refractivity contribution in [2.45, 2.75) is 25.4 Å². The summed E-state index contributed by atoms with van der Waals surface area (Å²) in [5.74, 6) is 0. The van der Waals surface area contributed by atoms with E-state index in [1.807, 2.05) is 6.08 Å². The maximum atomic E-state index is 9.06. The maximum Gasteiger partial charge on any atom is 0.0577 e. The third-order valence-corrected chi connectivity index (χ3v) is 1.14. The zero-order valence-electron chi connectivity index (χ0n) is 5.71. The lowest BCUT2D eigenvalue weighted by molar-refractivity contribution is 0.169. The van der Waals surface area contributed by atoms with E-state index in [4.69, 9.17) is 5.11 Å². The molecule has 0 fully saturated rings. The number of hydrogen-bond donors (Lipinski definition) is 1. The van der Waals surface area contributed by atoms with Crippen LogP contribution in [-0.2, 0) is 0 Å². The molecule has 1 unspecified atom stereocenters. The van der Waals surface area contributed by atoms with Gasteiger partial charge in [0.2, 0.25) is 0 Å². The van der Waals surface area contributed by atoms with Gasteiger partial charge in [0.25, 0.3) is 0 Å². The predicted octanol–water partition coefficient (Wildman–Crippen LogP) is 1.89. The van der Waals surface area contributed by atoms with Crippen LogP contribution in [0.25, 0.3) is 0 Å². The van der Waals surface area contributed by atoms with Crippen molar-refractivity contribution in [1.29, 1.82) is 0 Å². The first kappa shape index (κ1) is 8.44. The van der Waals surface area contributed by atoms with E-state index in [-0.39, 0.29) is 6.10 Å². The van der Waals surface area contributed by atoms with Crippen molar-refractivity contribution < 1.29 is 5.11 Å². The third-order valence-electron chi connectivity index (χ3n) is 1.14. The van der Waals surface area contributed by atoms with Gasteiger partial charge in [0.15, 0.2) is 0 Å². The summed E-state index contributed by atoms with van der Waals surface area (Å²) in [5, 5.41) is 9.06. The molecule has 1 heteroatoms. The Morgan fingerprint density at radius 3 is 2.44 bits per heavy atom. The van der Waals surface area contributed by atoms with E-state index in [1.54, 1.807) is 6.08 Å². The highest BCUT2D eigenvalue weighted by Gasteiger charge is 1.97. The summed E-state index contributed by atoms with van der Waals surface area (Å²) in [6.07, 6.45) is 5.69. The van der Waals surface area contributed by atoms with Gasteiger partial charge >= 0.3 is 0 Å². The van der Waals surface area contributed by atoms with Gasteiger partial charge < -0.3 is 5.11 Å². The summed E-state index contributed by atoms with van der Waals surface area (Å²) in [6.45, 7) is 7.08. The average Bonchev–Trinajstić information content (AvgIpc) is 1.85. The molecular weight excluding hydrogens is 112 g/mol. The Bertz CT molecular complexity index is 86.6. The first-order valence-corrected chi connectivity index (χ1v) is 3.21. The number of hydrogen-bond acceptors (Lipinski definition) is 1. The molecule has 0 heterocycles. The minimum atomic E-state index is -0.222. The minimum absolute atomic E-state index is 0.222. The molecule has 1 atom stereocenters. The number of rotatable bonds is 5. The second-order valence-corrected chi connectivity index (χ2v) is 2.04. The van der Waals surface area contributed by atoms with Gasteiger partial charge in [0.1, 0.15) is 0 Å². The molecule has 0 aromatic carbocycles. The normalized spacial score (nSPS) is 12.6. The molecule has 52 valence electrons. The van der Waals surface area contributed by atoms with Crippen molar-refractivity contribution in [2.24, 2.45) is 0 Å². The van der Waals surface area contributed by atoms with Crippen LogP contribution in [0, 0.1) is 0 Å². The molecule has 0 spiro atoms. The molecule has 0 rings (SSSR count). The molecule has 0 amide bonds. The summed E-state index contributed by atoms with van der Waals surface area (Å²) < 4.78 is 0. The van der Waals surface area contributed by atoms with Gasteiger partial charge in [0.05, 0.1) is 6.10 Å². The molecule has 0 saturated heterocycles. The molecule has 0 bridgehead atoms. The molecule has 1 nitrogen and oxygen atoms in total. The summed E-state index contributed by atoms with van der Waals surface area (Å²) in [7, 11) is 0. The van der Waals surface area contributed by atoms with Gasteiger partial charge in [-0.3, -0.25) is 0 Å². The quantitative estimate of drug-likeness (QED) is 0.558. The largest absolute Gasteiger partial charge is 0.393 e. The van der Waals surface area contributed by atoms with Crippen LogP contribution >= 0.6 is 0 Å². The van der Waals surface area contributed by atoms with Crippen LogP contribution in [-0.4, -0.2) is 11.2 Å². The van der Waals surface area contributed by atoms with E-state index in [0.717, 1.165) is 12.8 Å². The highest BCUT2D eigenvalue weighted by atomic mass is 16.3. The number of allylic oxidation sites excluding steroid dienone is 1. The van der Waals surface area contributed by atoms with Crippen molar-refractivity contribution in [2.75, 3.05) is 0 Å². The molecule has 0 aromatic rings. The Morgan fingerprint density at radius 2 is 2.00 bits per heavy atom. The third kappa shape index (κ3) is 5.31. The van der Waals surface area contributed by atoms with Crippen LogP contribution in [0.5, 0.6) is 0 Å². The van der Waals surface area contributed by atoms with Crippen molar-refractivity contribution in [3.8, 4) is 0 Å². The minimum Gasteiger partial charge on any atom is -0.393 e. The summed E-state index contributed by atoms with van der Waals surface area (Å²) >= 11 is 0. The molecule has 1 N–H and O–H groups in total. The summed E-state index contributed by atoms with van der Waals surface area (Å²) in [5.41, 5.74) is 0. The van der Waals surface area contributed by atoms with Crippen LogP contribution in [0.2, 0.25) is 0 Å². The monoisotopic (exact) mass is 126 g/mol. The topological polar surface area (TPSA) is 20.2 Å². The standard InChI is InChI=1S/C8H14O/c1-3-5-7-8(9)6-4-2/h3-4,8-9H,1-2,5-7H2. The van der Waals surface area contributed by atoms with Gasteiger partial charge in [0, 0.05) is 0 Å². The zero-order chi connectivity index (χ0) is 7.11. The van der Waals surface area contributed by atoms with E-state index in [0.29, 0.717) is 6.42 Å². The van der Waals surface area contributed by atoms with Crippen molar-refractivity contribution in [3.05, 3.63) is 25.3 Å². The van der Waals surface area contributed by atoms with E-state index in [9.17, 15) is 0 Å². The second kappa shape index (κ2) is 5.57. The van der Waals surface area contributed by atoms with E-state index < -0.39 is 0 Å². The molecule has 0 aliphatic carbocycles. The Labute approximate surface area is 56.7 Å². The smallest absolute Gasteiger partial charge is 0.0577 e.